The summed E-state index contributed by atoms with van der Waals surface area (Å²) in [5.74, 6) is -0.0110. The van der Waals surface area contributed by atoms with Crippen LogP contribution in [0, 0.1) is 0 Å². The van der Waals surface area contributed by atoms with Crippen molar-refractivity contribution in [3.05, 3.63) is 19.2 Å². The number of halogens is 2. The number of hydrogen-bond donors (Lipinski definition) is 1. The lowest BCUT2D eigenvalue weighted by Crippen LogP contribution is -2.46. The molecule has 17 heavy (non-hydrogen) atoms. The van der Waals surface area contributed by atoms with E-state index in [-0.39, 0.29) is 18.6 Å². The second kappa shape index (κ2) is 5.79. The van der Waals surface area contributed by atoms with Crippen molar-refractivity contribution in [2.24, 2.45) is 0 Å². The minimum absolute atomic E-state index is 0.0110. The number of carbonyl (C=O) groups is 1. The van der Waals surface area contributed by atoms with Gasteiger partial charge in [-0.3, -0.25) is 4.79 Å². The van der Waals surface area contributed by atoms with E-state index in [4.69, 9.17) is 9.84 Å². The first-order valence-corrected chi connectivity index (χ1v) is 7.48. The Labute approximate surface area is 120 Å². The average Bonchev–Trinajstić information content (AvgIpc) is 2.69. The molecule has 1 aromatic rings. The predicted octanol–water partition coefficient (Wildman–Crippen LogP) is 2.11. The van der Waals surface area contributed by atoms with Crippen LogP contribution in [-0.4, -0.2) is 48.3 Å². The van der Waals surface area contributed by atoms with Crippen molar-refractivity contribution in [3.8, 4) is 0 Å². The minimum Gasteiger partial charge on any atom is -0.394 e. The maximum absolute atomic E-state index is 12.2. The Morgan fingerprint density at radius 1 is 1.65 bits per heavy atom. The van der Waals surface area contributed by atoms with Crippen molar-refractivity contribution >= 4 is 49.1 Å². The Kier molecular flexibility index (Phi) is 4.59. The van der Waals surface area contributed by atoms with Crippen LogP contribution in [0.1, 0.15) is 9.67 Å². The monoisotopic (exact) mass is 383 g/mol. The van der Waals surface area contributed by atoms with Crippen LogP contribution in [0.25, 0.3) is 0 Å². The Hall–Kier alpha value is 0.0500. The van der Waals surface area contributed by atoms with E-state index in [9.17, 15) is 4.79 Å². The highest BCUT2D eigenvalue weighted by Crippen LogP contribution is 2.33. The molecule has 1 unspecified atom stereocenters. The number of aliphatic hydroxyl groups excluding tert-OH is 1. The maximum atomic E-state index is 12.2. The molecule has 1 fully saturated rings. The maximum Gasteiger partial charge on any atom is 0.264 e. The number of nitrogens with zero attached hydrogens (tertiary/aromatic N) is 1. The lowest BCUT2D eigenvalue weighted by Gasteiger charge is -2.31. The smallest absolute Gasteiger partial charge is 0.264 e. The molecule has 1 atom stereocenters. The zero-order valence-electron chi connectivity index (χ0n) is 8.86. The molecule has 0 aromatic carbocycles. The Bertz CT molecular complexity index is 404. The molecule has 0 saturated carbocycles. The van der Waals surface area contributed by atoms with Crippen LogP contribution in [0.3, 0.4) is 0 Å². The number of carbonyl (C=O) groups excluding carboxylic acids is 1. The first kappa shape index (κ1) is 13.5. The molecule has 1 N–H and O–H groups in total. The van der Waals surface area contributed by atoms with Gasteiger partial charge in [-0.1, -0.05) is 0 Å². The van der Waals surface area contributed by atoms with Gasteiger partial charge in [0.1, 0.15) is 0 Å². The normalized spacial score (nSPS) is 20.6. The van der Waals surface area contributed by atoms with Crippen molar-refractivity contribution in [3.63, 3.8) is 0 Å². The predicted molar refractivity (Wildman–Crippen MR) is 72.4 cm³/mol. The van der Waals surface area contributed by atoms with Gasteiger partial charge in [0, 0.05) is 17.6 Å². The summed E-state index contributed by atoms with van der Waals surface area (Å²) in [7, 11) is 0. The molecule has 0 spiro atoms. The van der Waals surface area contributed by atoms with Crippen LogP contribution < -0.4 is 0 Å². The molecule has 2 heterocycles. The van der Waals surface area contributed by atoms with E-state index in [0.717, 1.165) is 8.26 Å². The second-order valence-electron chi connectivity index (χ2n) is 3.66. The van der Waals surface area contributed by atoms with E-state index in [1.54, 1.807) is 11.0 Å². The molecule has 1 saturated heterocycles. The van der Waals surface area contributed by atoms with Gasteiger partial charge < -0.3 is 14.7 Å². The highest BCUT2D eigenvalue weighted by Gasteiger charge is 2.25. The summed E-state index contributed by atoms with van der Waals surface area (Å²) in [6.45, 7) is 1.44. The summed E-state index contributed by atoms with van der Waals surface area (Å²) in [5.41, 5.74) is 0. The summed E-state index contributed by atoms with van der Waals surface area (Å²) in [6.07, 6.45) is -0.264. The van der Waals surface area contributed by atoms with Crippen LogP contribution >= 0.6 is 43.2 Å². The van der Waals surface area contributed by atoms with Gasteiger partial charge in [-0.15, -0.1) is 11.3 Å². The molecular weight excluding hydrogens is 374 g/mol. The van der Waals surface area contributed by atoms with Gasteiger partial charge in [0.2, 0.25) is 0 Å². The van der Waals surface area contributed by atoms with E-state index in [2.05, 4.69) is 31.9 Å². The highest BCUT2D eigenvalue weighted by atomic mass is 79.9. The topological polar surface area (TPSA) is 49.8 Å². The molecule has 94 valence electrons. The summed E-state index contributed by atoms with van der Waals surface area (Å²) >= 11 is 8.13. The number of ether oxygens (including phenoxy) is 1. The summed E-state index contributed by atoms with van der Waals surface area (Å²) in [6, 6.07) is 1.81. The number of aliphatic hydroxyl groups is 1. The molecule has 7 heteroatoms. The van der Waals surface area contributed by atoms with Crippen molar-refractivity contribution in [1.29, 1.82) is 0 Å². The van der Waals surface area contributed by atoms with Crippen LogP contribution in [0.2, 0.25) is 0 Å². The third kappa shape index (κ3) is 3.08. The fraction of sp³-hybridized carbons (Fsp3) is 0.500. The lowest BCUT2D eigenvalue weighted by molar-refractivity contribution is -0.0446. The van der Waals surface area contributed by atoms with Gasteiger partial charge in [-0.25, -0.2) is 0 Å². The molecule has 0 radical (unpaired) electrons. The zero-order valence-corrected chi connectivity index (χ0v) is 12.8. The van der Waals surface area contributed by atoms with Gasteiger partial charge in [0.25, 0.3) is 5.91 Å². The van der Waals surface area contributed by atoms with E-state index < -0.39 is 0 Å². The van der Waals surface area contributed by atoms with Crippen molar-refractivity contribution < 1.29 is 14.6 Å². The first-order valence-electron chi connectivity index (χ1n) is 5.08. The van der Waals surface area contributed by atoms with Gasteiger partial charge >= 0.3 is 0 Å². The van der Waals surface area contributed by atoms with Gasteiger partial charge in [0.15, 0.2) is 0 Å². The fourth-order valence-corrected chi connectivity index (χ4v) is 3.63. The number of thiophene rings is 1. The Balaban J connectivity index is 2.09. The lowest BCUT2D eigenvalue weighted by atomic mass is 10.2. The molecule has 2 rings (SSSR count). The van der Waals surface area contributed by atoms with Crippen LogP contribution in [0.5, 0.6) is 0 Å². The average molecular weight is 385 g/mol. The molecule has 0 aliphatic carbocycles. The van der Waals surface area contributed by atoms with Crippen LogP contribution in [-0.2, 0) is 4.74 Å². The molecule has 4 nitrogen and oxygen atoms in total. The zero-order chi connectivity index (χ0) is 12.4. The Morgan fingerprint density at radius 2 is 2.41 bits per heavy atom. The molecule has 1 aliphatic rings. The van der Waals surface area contributed by atoms with E-state index >= 15 is 0 Å². The fourth-order valence-electron chi connectivity index (χ4n) is 1.62. The van der Waals surface area contributed by atoms with E-state index in [0.29, 0.717) is 24.6 Å². The molecule has 1 amide bonds. The SMILES string of the molecule is O=C(c1cc(Br)c(Br)s1)N1CCOC(CO)C1. The molecule has 1 aromatic heterocycles. The second-order valence-corrected chi connectivity index (χ2v) is 6.88. The summed E-state index contributed by atoms with van der Waals surface area (Å²) in [4.78, 5) is 14.6. The van der Waals surface area contributed by atoms with Crippen LogP contribution in [0.4, 0.5) is 0 Å². The van der Waals surface area contributed by atoms with Gasteiger partial charge in [0.05, 0.1) is 28.0 Å². The quantitative estimate of drug-likeness (QED) is 0.849. The van der Waals surface area contributed by atoms with Crippen molar-refractivity contribution in [2.45, 2.75) is 6.10 Å². The highest BCUT2D eigenvalue weighted by molar-refractivity contribution is 9.13. The number of hydrogen-bond acceptors (Lipinski definition) is 4. The molecule has 0 bridgehead atoms. The molecule has 1 aliphatic heterocycles. The Morgan fingerprint density at radius 3 is 3.00 bits per heavy atom. The van der Waals surface area contributed by atoms with Crippen molar-refractivity contribution in [1.82, 2.24) is 4.90 Å². The van der Waals surface area contributed by atoms with Crippen molar-refractivity contribution in [2.75, 3.05) is 26.3 Å². The third-order valence-corrected chi connectivity index (χ3v) is 5.73. The van der Waals surface area contributed by atoms with E-state index in [1.807, 2.05) is 0 Å². The number of morpholine rings is 1. The first-order chi connectivity index (χ1) is 8.11. The number of amides is 1. The van der Waals surface area contributed by atoms with Crippen LogP contribution in [0.15, 0.2) is 14.3 Å². The minimum atomic E-state index is -0.264. The summed E-state index contributed by atoms with van der Waals surface area (Å²) in [5, 5.41) is 9.03. The largest absolute Gasteiger partial charge is 0.394 e. The van der Waals surface area contributed by atoms with E-state index in [1.165, 1.54) is 11.3 Å². The van der Waals surface area contributed by atoms with Gasteiger partial charge in [-0.2, -0.15) is 0 Å². The number of rotatable bonds is 2. The standard InChI is InChI=1S/C10H11Br2NO3S/c11-7-3-8(17-9(7)12)10(15)13-1-2-16-6(4-13)5-14/h3,6,14H,1-2,4-5H2. The van der Waals surface area contributed by atoms with Gasteiger partial charge in [-0.05, 0) is 37.9 Å². The summed E-state index contributed by atoms with van der Waals surface area (Å²) < 4.78 is 7.11. The third-order valence-electron chi connectivity index (χ3n) is 2.49. The molecular formula is C10H11Br2NO3S.